The third kappa shape index (κ3) is 4.12. The summed E-state index contributed by atoms with van der Waals surface area (Å²) in [5, 5.41) is 10.4. The maximum Gasteiger partial charge on any atom is 0.409 e. The number of aryl methyl sites for hydroxylation is 1. The summed E-state index contributed by atoms with van der Waals surface area (Å²) in [4.78, 5) is 27.7. The van der Waals surface area contributed by atoms with E-state index in [9.17, 15) is 14.7 Å². The van der Waals surface area contributed by atoms with Gasteiger partial charge in [-0.15, -0.1) is 0 Å². The minimum absolute atomic E-state index is 0.0880. The topological polar surface area (TPSA) is 70.1 Å². The average molecular weight is 463 g/mol. The SMILES string of the molecule is CC1(C)OCC(CCc2ccc(N3CCc4c(ccc(Cl)c4Cl)C3=O)cc2)N1C(=O)O. The molecule has 0 saturated carbocycles. The number of carbonyl (C=O) groups excluding carboxylic acids is 1. The number of fused-ring (bicyclic) bond motifs is 1. The molecule has 164 valence electrons. The van der Waals surface area contributed by atoms with Crippen LogP contribution in [0.5, 0.6) is 0 Å². The van der Waals surface area contributed by atoms with Gasteiger partial charge in [-0.25, -0.2) is 4.79 Å². The molecule has 1 N–H and O–H groups in total. The van der Waals surface area contributed by atoms with Crippen LogP contribution in [-0.4, -0.2) is 46.9 Å². The summed E-state index contributed by atoms with van der Waals surface area (Å²) in [5.74, 6) is -0.0880. The first kappa shape index (κ1) is 21.9. The number of hydrogen-bond acceptors (Lipinski definition) is 3. The van der Waals surface area contributed by atoms with Crippen LogP contribution in [0.3, 0.4) is 0 Å². The van der Waals surface area contributed by atoms with Crippen LogP contribution in [0.25, 0.3) is 0 Å². The second kappa shape index (κ2) is 8.34. The highest BCUT2D eigenvalue weighted by Crippen LogP contribution is 2.34. The Kier molecular flexibility index (Phi) is 5.90. The van der Waals surface area contributed by atoms with Gasteiger partial charge in [-0.1, -0.05) is 35.3 Å². The van der Waals surface area contributed by atoms with Crippen LogP contribution in [0, 0.1) is 0 Å². The van der Waals surface area contributed by atoms with Crippen LogP contribution in [0.1, 0.15) is 41.8 Å². The Balaban J connectivity index is 1.44. The van der Waals surface area contributed by atoms with Crippen LogP contribution < -0.4 is 4.90 Å². The van der Waals surface area contributed by atoms with Crippen LogP contribution in [0.2, 0.25) is 10.0 Å². The fraction of sp³-hybridized carbons (Fsp3) is 0.391. The van der Waals surface area contributed by atoms with Gasteiger partial charge in [0.05, 0.1) is 22.7 Å². The van der Waals surface area contributed by atoms with Crippen molar-refractivity contribution >= 4 is 40.9 Å². The fourth-order valence-electron chi connectivity index (χ4n) is 4.41. The highest BCUT2D eigenvalue weighted by atomic mass is 35.5. The summed E-state index contributed by atoms with van der Waals surface area (Å²) in [6.07, 6.45) is 1.07. The lowest BCUT2D eigenvalue weighted by molar-refractivity contribution is -0.0421. The summed E-state index contributed by atoms with van der Waals surface area (Å²) in [6.45, 7) is 4.47. The van der Waals surface area contributed by atoms with E-state index >= 15 is 0 Å². The molecule has 1 atom stereocenters. The minimum atomic E-state index is -0.965. The Morgan fingerprint density at radius 3 is 2.58 bits per heavy atom. The monoisotopic (exact) mass is 462 g/mol. The first-order chi connectivity index (χ1) is 14.7. The van der Waals surface area contributed by atoms with Gasteiger partial charge in [0.25, 0.3) is 5.91 Å². The number of ether oxygens (including phenoxy) is 1. The van der Waals surface area contributed by atoms with Gasteiger partial charge in [0.1, 0.15) is 5.72 Å². The zero-order valence-corrected chi connectivity index (χ0v) is 18.9. The van der Waals surface area contributed by atoms with Crippen molar-refractivity contribution in [3.63, 3.8) is 0 Å². The molecule has 0 radical (unpaired) electrons. The van der Waals surface area contributed by atoms with Gasteiger partial charge in [0.15, 0.2) is 0 Å². The Bertz CT molecular complexity index is 1020. The van der Waals surface area contributed by atoms with Crippen molar-refractivity contribution in [3.05, 3.63) is 63.1 Å². The van der Waals surface area contributed by atoms with E-state index in [-0.39, 0.29) is 11.9 Å². The quantitative estimate of drug-likeness (QED) is 0.673. The fourth-order valence-corrected chi connectivity index (χ4v) is 4.85. The maximum absolute atomic E-state index is 13.0. The first-order valence-electron chi connectivity index (χ1n) is 10.2. The Hall–Kier alpha value is -2.28. The van der Waals surface area contributed by atoms with E-state index in [4.69, 9.17) is 27.9 Å². The molecule has 8 heteroatoms. The van der Waals surface area contributed by atoms with Gasteiger partial charge >= 0.3 is 6.09 Å². The zero-order chi connectivity index (χ0) is 22.3. The van der Waals surface area contributed by atoms with E-state index in [2.05, 4.69) is 0 Å². The Morgan fingerprint density at radius 2 is 1.90 bits per heavy atom. The third-order valence-corrected chi connectivity index (χ3v) is 6.90. The van der Waals surface area contributed by atoms with E-state index in [1.807, 2.05) is 24.3 Å². The number of rotatable bonds is 4. The van der Waals surface area contributed by atoms with Crippen LogP contribution >= 0.6 is 23.2 Å². The summed E-state index contributed by atoms with van der Waals surface area (Å²) in [6, 6.07) is 11.0. The molecule has 0 bridgehead atoms. The predicted octanol–water partition coefficient (Wildman–Crippen LogP) is 5.24. The van der Waals surface area contributed by atoms with E-state index < -0.39 is 11.8 Å². The number of halogens is 2. The second-order valence-electron chi connectivity index (χ2n) is 8.36. The van der Waals surface area contributed by atoms with Crippen LogP contribution in [0.15, 0.2) is 36.4 Å². The number of amides is 2. The van der Waals surface area contributed by atoms with Crippen molar-refractivity contribution in [3.8, 4) is 0 Å². The molecule has 31 heavy (non-hydrogen) atoms. The molecule has 2 aliphatic rings. The second-order valence-corrected chi connectivity index (χ2v) is 9.15. The standard InChI is InChI=1S/C23H24Cl2N2O4/c1-23(2)27(22(29)30)16(13-31-23)8-5-14-3-6-15(7-4-14)26-12-11-17-18(21(26)28)9-10-19(24)20(17)25/h3-4,6-7,9-10,16H,5,8,11-13H2,1-2H3,(H,29,30). The molecule has 2 aromatic carbocycles. The number of anilines is 1. The Morgan fingerprint density at radius 1 is 1.19 bits per heavy atom. The van der Waals surface area contributed by atoms with Gasteiger partial charge < -0.3 is 14.7 Å². The molecule has 0 spiro atoms. The molecule has 1 saturated heterocycles. The van der Waals surface area contributed by atoms with Crippen molar-refractivity contribution in [2.75, 3.05) is 18.1 Å². The number of carbonyl (C=O) groups is 2. The van der Waals surface area contributed by atoms with E-state index in [0.29, 0.717) is 41.6 Å². The molecule has 6 nitrogen and oxygen atoms in total. The largest absolute Gasteiger partial charge is 0.465 e. The van der Waals surface area contributed by atoms with Gasteiger partial charge in [-0.05, 0) is 68.5 Å². The van der Waals surface area contributed by atoms with E-state index in [0.717, 1.165) is 23.2 Å². The molecule has 2 heterocycles. The summed E-state index contributed by atoms with van der Waals surface area (Å²) in [5.41, 5.74) is 2.48. The number of carboxylic acid groups (broad SMARTS) is 1. The van der Waals surface area contributed by atoms with Crippen molar-refractivity contribution in [1.29, 1.82) is 0 Å². The normalized spacial score (nSPS) is 20.1. The minimum Gasteiger partial charge on any atom is -0.465 e. The van der Waals surface area contributed by atoms with Gasteiger partial charge in [0, 0.05) is 17.8 Å². The van der Waals surface area contributed by atoms with Crippen molar-refractivity contribution in [2.24, 2.45) is 0 Å². The van der Waals surface area contributed by atoms with Gasteiger partial charge in [-0.2, -0.15) is 0 Å². The first-order valence-corrected chi connectivity index (χ1v) is 11.0. The summed E-state index contributed by atoms with van der Waals surface area (Å²) >= 11 is 12.4. The molecule has 0 aromatic heterocycles. The number of benzene rings is 2. The smallest absolute Gasteiger partial charge is 0.409 e. The van der Waals surface area contributed by atoms with Crippen LogP contribution in [-0.2, 0) is 17.6 Å². The van der Waals surface area contributed by atoms with E-state index in [1.165, 1.54) is 4.90 Å². The predicted molar refractivity (Wildman–Crippen MR) is 120 cm³/mol. The third-order valence-electron chi connectivity index (χ3n) is 6.05. The van der Waals surface area contributed by atoms with Crippen molar-refractivity contribution in [2.45, 2.75) is 44.9 Å². The number of hydrogen-bond donors (Lipinski definition) is 1. The van der Waals surface area contributed by atoms with E-state index in [1.54, 1.807) is 30.9 Å². The van der Waals surface area contributed by atoms with Gasteiger partial charge in [-0.3, -0.25) is 9.69 Å². The molecule has 2 aliphatic heterocycles. The Labute approximate surface area is 191 Å². The van der Waals surface area contributed by atoms with Crippen molar-refractivity contribution in [1.82, 2.24) is 4.90 Å². The summed E-state index contributed by atoms with van der Waals surface area (Å²) < 4.78 is 5.65. The lowest BCUT2D eigenvalue weighted by atomic mass is 9.98. The van der Waals surface area contributed by atoms with Crippen LogP contribution in [0.4, 0.5) is 10.5 Å². The lowest BCUT2D eigenvalue weighted by Crippen LogP contribution is -2.47. The van der Waals surface area contributed by atoms with Gasteiger partial charge in [0.2, 0.25) is 0 Å². The molecule has 2 aromatic rings. The molecular formula is C23H24Cl2N2O4. The molecule has 2 amide bonds. The highest BCUT2D eigenvalue weighted by Gasteiger charge is 2.43. The lowest BCUT2D eigenvalue weighted by Gasteiger charge is -2.31. The van der Waals surface area contributed by atoms with Crippen molar-refractivity contribution < 1.29 is 19.4 Å². The maximum atomic E-state index is 13.0. The average Bonchev–Trinajstić information content (AvgIpc) is 3.04. The molecule has 4 rings (SSSR count). The molecule has 0 aliphatic carbocycles. The molecule has 1 fully saturated rings. The molecular weight excluding hydrogens is 439 g/mol. The molecule has 1 unspecified atom stereocenters. The zero-order valence-electron chi connectivity index (χ0n) is 17.4. The number of nitrogens with zero attached hydrogens (tertiary/aromatic N) is 2. The highest BCUT2D eigenvalue weighted by molar-refractivity contribution is 6.43. The summed E-state index contributed by atoms with van der Waals surface area (Å²) in [7, 11) is 0.